The van der Waals surface area contributed by atoms with Gasteiger partial charge < -0.3 is 79.5 Å². The topological polar surface area (TPSA) is 275 Å². The summed E-state index contributed by atoms with van der Waals surface area (Å²) in [6.45, 7) is 16.8. The molecule has 5 aliphatic carbocycles. The summed E-state index contributed by atoms with van der Waals surface area (Å²) in [5, 5.41) is 109. The van der Waals surface area contributed by atoms with Crippen LogP contribution in [-0.2, 0) is 33.2 Å². The zero-order chi connectivity index (χ0) is 46.9. The Labute approximate surface area is 376 Å². The van der Waals surface area contributed by atoms with Crippen LogP contribution < -0.4 is 0 Å². The SMILES string of the molecule is C[C@@H]1O[C@@H](O[C@H]2[C@H](O[C@H]3[C@H](O[C@H]4CC[C@@]5(C)[C@H](CC[C@]6(C)[C@H]5CC=C5[C@@H]7CC(C)(C)C[C@@H](O)[C@]7(C)CC[C@]56C)[C@@]4(C)CO)O[C@H](C(=O)O)[C@@H](O)[C@@H]3O)OC[C@H](O)[C@@H]2O)[C@H](O)[C@H](O)[C@H]1O. The number of carboxylic acid groups (broad SMARTS) is 1. The maximum atomic E-state index is 12.4. The molecule has 3 aliphatic heterocycles. The van der Waals surface area contributed by atoms with Gasteiger partial charge in [0.25, 0.3) is 0 Å². The minimum absolute atomic E-state index is 0.0286. The highest BCUT2D eigenvalue weighted by molar-refractivity contribution is 5.73. The Morgan fingerprint density at radius 1 is 0.703 bits per heavy atom. The molecule has 0 bridgehead atoms. The molecule has 0 aromatic rings. The average molecular weight is 913 g/mol. The third-order valence-corrected chi connectivity index (χ3v) is 19.1. The Hall–Kier alpha value is -1.39. The molecule has 10 N–H and O–H groups in total. The van der Waals surface area contributed by atoms with Gasteiger partial charge in [-0.2, -0.15) is 0 Å². The monoisotopic (exact) mass is 913 g/mol. The van der Waals surface area contributed by atoms with E-state index in [1.54, 1.807) is 0 Å². The van der Waals surface area contributed by atoms with Crippen molar-refractivity contribution >= 4 is 5.97 Å². The second-order valence-electron chi connectivity index (χ2n) is 23.2. The first-order valence-corrected chi connectivity index (χ1v) is 23.7. The molecule has 0 unspecified atom stereocenters. The van der Waals surface area contributed by atoms with Crippen molar-refractivity contribution in [3.63, 3.8) is 0 Å². The molecule has 64 heavy (non-hydrogen) atoms. The summed E-state index contributed by atoms with van der Waals surface area (Å²) >= 11 is 0. The van der Waals surface area contributed by atoms with Crippen LogP contribution in [0.1, 0.15) is 113 Å². The van der Waals surface area contributed by atoms with Crippen LogP contribution >= 0.6 is 0 Å². The van der Waals surface area contributed by atoms with Crippen molar-refractivity contribution in [3.05, 3.63) is 11.6 Å². The molecule has 17 heteroatoms. The Morgan fingerprint density at radius 2 is 1.38 bits per heavy atom. The van der Waals surface area contributed by atoms with Crippen molar-refractivity contribution in [1.29, 1.82) is 0 Å². The van der Waals surface area contributed by atoms with E-state index in [1.807, 2.05) is 6.92 Å². The smallest absolute Gasteiger partial charge is 0.335 e. The summed E-state index contributed by atoms with van der Waals surface area (Å²) in [6.07, 6.45) is -14.5. The minimum atomic E-state index is -2.01. The molecule has 24 atom stereocenters. The molecule has 0 aromatic carbocycles. The Balaban J connectivity index is 1.06. The van der Waals surface area contributed by atoms with Gasteiger partial charge in [-0.05, 0) is 104 Å². The predicted octanol–water partition coefficient (Wildman–Crippen LogP) is 1.34. The fourth-order valence-corrected chi connectivity index (χ4v) is 14.8. The molecule has 3 heterocycles. The number of carboxylic acids is 1. The fraction of sp³-hybridized carbons (Fsp3) is 0.936. The molecule has 7 fully saturated rings. The molecule has 0 radical (unpaired) electrons. The van der Waals surface area contributed by atoms with Gasteiger partial charge in [0, 0.05) is 10.8 Å². The lowest BCUT2D eigenvalue weighted by atomic mass is 9.33. The average Bonchev–Trinajstić information content (AvgIpc) is 3.22. The minimum Gasteiger partial charge on any atom is -0.479 e. The number of ether oxygens (including phenoxy) is 6. The van der Waals surface area contributed by atoms with Crippen molar-refractivity contribution in [2.45, 2.75) is 211 Å². The van der Waals surface area contributed by atoms with Crippen LogP contribution in [0.15, 0.2) is 11.6 Å². The Morgan fingerprint density at radius 3 is 2.05 bits per heavy atom. The standard InChI is InChI=1S/C47H76O17/c1-21-29(51)31(53)34(56)39(60-21)63-36-30(52)24(49)19-59-40(36)64-37-33(55)32(54)35(38(57)58)62-41(37)61-28-12-13-44(5)25(45(28,6)20-48)11-14-47(8)26(44)10-9-22-23-17-42(2,3)18-27(50)43(23,4)15-16-46(22,47)7/h9,21,23-37,39-41,48-56H,10-20H2,1-8H3,(H,57,58)/t21-,23-,24-,25-,26-,27+,28-,29-,30-,31+,32-,33-,34+,35-,36+,37+,39-,40-,41+,43+,44-,45+,46+,47+/m0/s1. The van der Waals surface area contributed by atoms with Gasteiger partial charge in [0.15, 0.2) is 25.0 Å². The number of aliphatic carboxylic acids is 1. The van der Waals surface area contributed by atoms with Gasteiger partial charge in [-0.1, -0.05) is 60.1 Å². The Kier molecular flexibility index (Phi) is 13.0. The molecule has 0 aromatic heterocycles. The quantitative estimate of drug-likeness (QED) is 0.122. The predicted molar refractivity (Wildman–Crippen MR) is 225 cm³/mol. The maximum absolute atomic E-state index is 12.4. The fourth-order valence-electron chi connectivity index (χ4n) is 14.8. The summed E-state index contributed by atoms with van der Waals surface area (Å²) in [5.74, 6) is -1.05. The number of aliphatic hydroxyl groups excluding tert-OH is 9. The van der Waals surface area contributed by atoms with E-state index in [-0.39, 0.29) is 51.6 Å². The number of aliphatic hydroxyl groups is 9. The van der Waals surface area contributed by atoms with Gasteiger partial charge in [-0.25, -0.2) is 4.79 Å². The van der Waals surface area contributed by atoms with Crippen LogP contribution in [0.5, 0.6) is 0 Å². The highest BCUT2D eigenvalue weighted by atomic mass is 16.8. The highest BCUT2D eigenvalue weighted by Gasteiger charge is 2.70. The largest absolute Gasteiger partial charge is 0.479 e. The van der Waals surface area contributed by atoms with Crippen molar-refractivity contribution in [1.82, 2.24) is 0 Å². The summed E-state index contributed by atoms with van der Waals surface area (Å²) < 4.78 is 36.1. The van der Waals surface area contributed by atoms with E-state index in [1.165, 1.54) is 12.5 Å². The van der Waals surface area contributed by atoms with E-state index in [9.17, 15) is 55.9 Å². The highest BCUT2D eigenvalue weighted by Crippen LogP contribution is 2.76. The maximum Gasteiger partial charge on any atom is 0.335 e. The number of hydrogen-bond donors (Lipinski definition) is 10. The van der Waals surface area contributed by atoms with E-state index in [2.05, 4.69) is 47.6 Å². The third kappa shape index (κ3) is 7.49. The molecular weight excluding hydrogens is 837 g/mol. The van der Waals surface area contributed by atoms with Crippen LogP contribution in [0, 0.1) is 50.2 Å². The zero-order valence-corrected chi connectivity index (χ0v) is 38.7. The summed E-state index contributed by atoms with van der Waals surface area (Å²) in [5.41, 5.74) is 0.0929. The summed E-state index contributed by atoms with van der Waals surface area (Å²) in [7, 11) is 0. The Bertz CT molecular complexity index is 1760. The molecule has 0 spiro atoms. The van der Waals surface area contributed by atoms with Crippen molar-refractivity contribution in [2.24, 2.45) is 50.2 Å². The molecule has 3 saturated heterocycles. The van der Waals surface area contributed by atoms with E-state index in [0.717, 1.165) is 44.9 Å². The van der Waals surface area contributed by atoms with Crippen LogP contribution in [-0.4, -0.2) is 168 Å². The first-order chi connectivity index (χ1) is 29.8. The number of hydrogen-bond acceptors (Lipinski definition) is 16. The van der Waals surface area contributed by atoms with Crippen molar-refractivity contribution in [2.75, 3.05) is 13.2 Å². The first-order valence-electron chi connectivity index (χ1n) is 23.7. The van der Waals surface area contributed by atoms with E-state index in [0.29, 0.717) is 18.8 Å². The van der Waals surface area contributed by atoms with Crippen LogP contribution in [0.3, 0.4) is 0 Å². The van der Waals surface area contributed by atoms with Crippen LogP contribution in [0.4, 0.5) is 0 Å². The molecule has 8 aliphatic rings. The van der Waals surface area contributed by atoms with Crippen LogP contribution in [0.25, 0.3) is 0 Å². The van der Waals surface area contributed by atoms with Gasteiger partial charge in [-0.3, -0.25) is 0 Å². The molecule has 366 valence electrons. The normalized spacial score (nSPS) is 56.1. The molecule has 17 nitrogen and oxygen atoms in total. The lowest BCUT2D eigenvalue weighted by Gasteiger charge is -2.72. The van der Waals surface area contributed by atoms with Gasteiger partial charge in [-0.15, -0.1) is 0 Å². The molecule has 4 saturated carbocycles. The number of carbonyl (C=O) groups is 1. The lowest BCUT2D eigenvalue weighted by molar-refractivity contribution is -0.387. The van der Waals surface area contributed by atoms with Gasteiger partial charge in [0.1, 0.15) is 54.9 Å². The van der Waals surface area contributed by atoms with Gasteiger partial charge in [0.2, 0.25) is 0 Å². The van der Waals surface area contributed by atoms with Crippen molar-refractivity contribution in [3.8, 4) is 0 Å². The molecular formula is C47H76O17. The van der Waals surface area contributed by atoms with Gasteiger partial charge in [0.05, 0.1) is 31.5 Å². The zero-order valence-electron chi connectivity index (χ0n) is 38.7. The number of allylic oxidation sites excluding steroid dienone is 2. The van der Waals surface area contributed by atoms with Gasteiger partial charge >= 0.3 is 5.97 Å². The van der Waals surface area contributed by atoms with E-state index >= 15 is 0 Å². The summed E-state index contributed by atoms with van der Waals surface area (Å²) in [4.78, 5) is 12.4. The van der Waals surface area contributed by atoms with E-state index < -0.39 is 110 Å². The summed E-state index contributed by atoms with van der Waals surface area (Å²) in [6, 6.07) is 0. The first kappa shape index (κ1) is 49.0. The molecule has 0 amide bonds. The number of fused-ring (bicyclic) bond motifs is 7. The van der Waals surface area contributed by atoms with E-state index in [4.69, 9.17) is 28.4 Å². The lowest BCUT2D eigenvalue weighted by Crippen LogP contribution is -2.68. The second-order valence-corrected chi connectivity index (χ2v) is 23.2. The number of rotatable bonds is 8. The van der Waals surface area contributed by atoms with Crippen LogP contribution in [0.2, 0.25) is 0 Å². The second kappa shape index (κ2) is 16.9. The third-order valence-electron chi connectivity index (χ3n) is 19.1. The van der Waals surface area contributed by atoms with Crippen molar-refractivity contribution < 1.29 is 84.3 Å². The molecule has 8 rings (SSSR count).